The highest BCUT2D eigenvalue weighted by Gasteiger charge is 2.33. The van der Waals surface area contributed by atoms with Crippen molar-refractivity contribution < 1.29 is 13.5 Å². The fourth-order valence-electron chi connectivity index (χ4n) is 2.58. The molecule has 3 rings (SSSR count). The molecule has 1 saturated heterocycles. The van der Waals surface area contributed by atoms with Gasteiger partial charge in [-0.2, -0.15) is 4.31 Å². The molecule has 7 heteroatoms. The number of hydrogen-bond donors (Lipinski definition) is 1. The quantitative estimate of drug-likeness (QED) is 0.874. The molecule has 2 fully saturated rings. The third-order valence-corrected chi connectivity index (χ3v) is 7.30. The zero-order valence-electron chi connectivity index (χ0n) is 11.3. The summed E-state index contributed by atoms with van der Waals surface area (Å²) in [5.41, 5.74) is 0. The van der Waals surface area contributed by atoms with Crippen LogP contribution in [0.4, 0.5) is 0 Å². The normalized spacial score (nSPS) is 23.9. The lowest BCUT2D eigenvalue weighted by molar-refractivity contribution is 0.0782. The highest BCUT2D eigenvalue weighted by atomic mass is 32.2. The number of piperazine rings is 1. The van der Waals surface area contributed by atoms with Gasteiger partial charge in [-0.15, -0.1) is 11.3 Å². The van der Waals surface area contributed by atoms with Gasteiger partial charge in [0, 0.05) is 32.7 Å². The molecule has 0 bridgehead atoms. The van der Waals surface area contributed by atoms with Gasteiger partial charge in [-0.1, -0.05) is 6.07 Å². The molecule has 0 radical (unpaired) electrons. The summed E-state index contributed by atoms with van der Waals surface area (Å²) in [5.74, 6) is 0.475. The predicted octanol–water partition coefficient (Wildman–Crippen LogP) is 0.825. The first-order valence-electron chi connectivity index (χ1n) is 7.01. The molecule has 1 aliphatic heterocycles. The van der Waals surface area contributed by atoms with E-state index < -0.39 is 10.0 Å². The number of aliphatic hydroxyl groups excluding tert-OH is 1. The molecule has 1 aromatic rings. The molecule has 2 aliphatic rings. The van der Waals surface area contributed by atoms with Crippen molar-refractivity contribution in [2.45, 2.75) is 23.2 Å². The van der Waals surface area contributed by atoms with E-state index in [-0.39, 0.29) is 6.10 Å². The lowest BCUT2D eigenvalue weighted by atomic mass is 10.2. The van der Waals surface area contributed by atoms with Gasteiger partial charge in [0.1, 0.15) is 4.21 Å². The van der Waals surface area contributed by atoms with E-state index in [0.29, 0.717) is 42.9 Å². The van der Waals surface area contributed by atoms with Crippen LogP contribution in [0.1, 0.15) is 12.8 Å². The van der Waals surface area contributed by atoms with Crippen LogP contribution in [-0.4, -0.2) is 61.6 Å². The molecule has 0 amide bonds. The summed E-state index contributed by atoms with van der Waals surface area (Å²) in [6, 6.07) is 3.42. The summed E-state index contributed by atoms with van der Waals surface area (Å²) < 4.78 is 26.7. The van der Waals surface area contributed by atoms with Gasteiger partial charge >= 0.3 is 0 Å². The van der Waals surface area contributed by atoms with Gasteiger partial charge in [-0.25, -0.2) is 8.42 Å². The Kier molecular flexibility index (Phi) is 4.14. The average Bonchev–Trinajstić information content (AvgIpc) is 3.14. The minimum atomic E-state index is -3.31. The van der Waals surface area contributed by atoms with E-state index in [1.807, 2.05) is 0 Å². The van der Waals surface area contributed by atoms with Crippen molar-refractivity contribution in [2.75, 3.05) is 32.7 Å². The largest absolute Gasteiger partial charge is 0.392 e. The van der Waals surface area contributed by atoms with E-state index in [9.17, 15) is 13.5 Å². The van der Waals surface area contributed by atoms with E-state index in [2.05, 4.69) is 4.90 Å². The van der Waals surface area contributed by atoms with E-state index in [1.165, 1.54) is 11.3 Å². The zero-order valence-corrected chi connectivity index (χ0v) is 12.9. The Bertz CT molecular complexity index is 532. The SMILES string of the molecule is O=S(=O)(c1cccs1)N1CCN(C[C@@H](O)C2CC2)CC1. The maximum Gasteiger partial charge on any atom is 0.252 e. The van der Waals surface area contributed by atoms with Crippen LogP contribution in [0.5, 0.6) is 0 Å². The summed E-state index contributed by atoms with van der Waals surface area (Å²) in [7, 11) is -3.31. The van der Waals surface area contributed by atoms with Crippen molar-refractivity contribution >= 4 is 21.4 Å². The Morgan fingerprint density at radius 1 is 1.30 bits per heavy atom. The first-order chi connectivity index (χ1) is 9.57. The maximum absolute atomic E-state index is 12.4. The molecule has 0 aromatic carbocycles. The standard InChI is InChI=1S/C13H20N2O3S2/c16-12(11-3-4-11)10-14-5-7-15(8-6-14)20(17,18)13-2-1-9-19-13/h1-2,9,11-12,16H,3-8,10H2/t12-/m1/s1. The second-order valence-electron chi connectivity index (χ2n) is 5.54. The van der Waals surface area contributed by atoms with Crippen LogP contribution in [0.2, 0.25) is 0 Å². The fourth-order valence-corrected chi connectivity index (χ4v) is 5.15. The first kappa shape index (κ1) is 14.5. The first-order valence-corrected chi connectivity index (χ1v) is 9.33. The van der Waals surface area contributed by atoms with E-state index >= 15 is 0 Å². The number of rotatable bonds is 5. The number of thiophene rings is 1. The molecular formula is C13H20N2O3S2. The van der Waals surface area contributed by atoms with Crippen molar-refractivity contribution in [1.29, 1.82) is 0 Å². The van der Waals surface area contributed by atoms with Crippen molar-refractivity contribution in [3.8, 4) is 0 Å². The number of β-amino-alcohol motifs (C(OH)–C–C–N with tert-alkyl or cyclic N) is 1. The van der Waals surface area contributed by atoms with Gasteiger partial charge in [0.05, 0.1) is 6.10 Å². The molecule has 112 valence electrons. The van der Waals surface area contributed by atoms with Crippen molar-refractivity contribution in [3.63, 3.8) is 0 Å². The molecule has 1 aliphatic carbocycles. The molecule has 0 unspecified atom stereocenters. The van der Waals surface area contributed by atoms with Crippen LogP contribution in [0, 0.1) is 5.92 Å². The lowest BCUT2D eigenvalue weighted by Crippen LogP contribution is -2.50. The summed E-state index contributed by atoms with van der Waals surface area (Å²) in [4.78, 5) is 2.17. The zero-order chi connectivity index (χ0) is 14.2. The third-order valence-electron chi connectivity index (χ3n) is 4.03. The van der Waals surface area contributed by atoms with E-state index in [1.54, 1.807) is 21.8 Å². The Balaban J connectivity index is 1.55. The highest BCUT2D eigenvalue weighted by Crippen LogP contribution is 2.33. The van der Waals surface area contributed by atoms with Gasteiger partial charge in [-0.3, -0.25) is 4.90 Å². The number of nitrogens with zero attached hydrogens (tertiary/aromatic N) is 2. The maximum atomic E-state index is 12.4. The van der Waals surface area contributed by atoms with Gasteiger partial charge in [-0.05, 0) is 30.2 Å². The Hall–Kier alpha value is -0.470. The minimum absolute atomic E-state index is 0.240. The van der Waals surface area contributed by atoms with Gasteiger partial charge in [0.15, 0.2) is 0 Å². The molecular weight excluding hydrogens is 296 g/mol. The second-order valence-corrected chi connectivity index (χ2v) is 8.65. The Labute approximate surface area is 123 Å². The summed E-state index contributed by atoms with van der Waals surface area (Å²) in [6.45, 7) is 3.11. The average molecular weight is 316 g/mol. The van der Waals surface area contributed by atoms with Crippen LogP contribution in [0.25, 0.3) is 0 Å². The fraction of sp³-hybridized carbons (Fsp3) is 0.692. The van der Waals surface area contributed by atoms with Crippen LogP contribution in [-0.2, 0) is 10.0 Å². The topological polar surface area (TPSA) is 60.9 Å². The predicted molar refractivity (Wildman–Crippen MR) is 78.2 cm³/mol. The lowest BCUT2D eigenvalue weighted by Gasteiger charge is -2.34. The van der Waals surface area contributed by atoms with Gasteiger partial charge in [0.2, 0.25) is 0 Å². The van der Waals surface area contributed by atoms with Gasteiger partial charge in [0.25, 0.3) is 10.0 Å². The molecule has 1 N–H and O–H groups in total. The molecule has 1 atom stereocenters. The van der Waals surface area contributed by atoms with Crippen molar-refractivity contribution in [3.05, 3.63) is 17.5 Å². The monoisotopic (exact) mass is 316 g/mol. The van der Waals surface area contributed by atoms with Crippen LogP contribution >= 0.6 is 11.3 Å². The van der Waals surface area contributed by atoms with Gasteiger partial charge < -0.3 is 5.11 Å². The summed E-state index contributed by atoms with van der Waals surface area (Å²) in [5, 5.41) is 11.7. The van der Waals surface area contributed by atoms with E-state index in [4.69, 9.17) is 0 Å². The number of aliphatic hydroxyl groups is 1. The molecule has 1 saturated carbocycles. The molecule has 1 aromatic heterocycles. The molecule has 2 heterocycles. The molecule has 0 spiro atoms. The van der Waals surface area contributed by atoms with Crippen molar-refractivity contribution in [1.82, 2.24) is 9.21 Å². The van der Waals surface area contributed by atoms with Crippen molar-refractivity contribution in [2.24, 2.45) is 5.92 Å². The molecule has 20 heavy (non-hydrogen) atoms. The van der Waals surface area contributed by atoms with Crippen LogP contribution in [0.15, 0.2) is 21.7 Å². The molecule has 5 nitrogen and oxygen atoms in total. The van der Waals surface area contributed by atoms with E-state index in [0.717, 1.165) is 12.8 Å². The smallest absolute Gasteiger partial charge is 0.252 e. The number of sulfonamides is 1. The minimum Gasteiger partial charge on any atom is -0.392 e. The third kappa shape index (κ3) is 3.07. The second kappa shape index (κ2) is 5.73. The Morgan fingerprint density at radius 2 is 2.00 bits per heavy atom. The summed E-state index contributed by atoms with van der Waals surface area (Å²) >= 11 is 1.26. The Morgan fingerprint density at radius 3 is 2.55 bits per heavy atom. The van der Waals surface area contributed by atoms with Crippen LogP contribution in [0.3, 0.4) is 0 Å². The summed E-state index contributed by atoms with van der Waals surface area (Å²) in [6.07, 6.45) is 2.03. The number of hydrogen-bond acceptors (Lipinski definition) is 5. The highest BCUT2D eigenvalue weighted by molar-refractivity contribution is 7.91. The van der Waals surface area contributed by atoms with Crippen LogP contribution < -0.4 is 0 Å².